The summed E-state index contributed by atoms with van der Waals surface area (Å²) in [5, 5.41) is 14.9. The van der Waals surface area contributed by atoms with Crippen LogP contribution in [0.25, 0.3) is 10.8 Å². The number of halogens is 1. The highest BCUT2D eigenvalue weighted by Crippen LogP contribution is 2.36. The first kappa shape index (κ1) is 38.0. The smallest absolute Gasteiger partial charge is 0.439 e. The van der Waals surface area contributed by atoms with E-state index in [1.807, 2.05) is 6.07 Å². The van der Waals surface area contributed by atoms with Gasteiger partial charge < -0.3 is 25.1 Å². The molecule has 1 atom stereocenters. The molecule has 0 aliphatic heterocycles. The molecule has 270 valence electrons. The third-order valence-electron chi connectivity index (χ3n) is 7.14. The summed E-state index contributed by atoms with van der Waals surface area (Å²) in [6.45, 7) is 9.67. The first-order valence-corrected chi connectivity index (χ1v) is 16.1. The maximum atomic E-state index is 16.4. The second kappa shape index (κ2) is 15.9. The molecule has 0 aliphatic carbocycles. The van der Waals surface area contributed by atoms with Crippen molar-refractivity contribution in [1.82, 2.24) is 9.99 Å². The molecule has 3 amide bonds. The lowest BCUT2D eigenvalue weighted by Gasteiger charge is -2.39. The Kier molecular flexibility index (Phi) is 11.8. The average Bonchev–Trinajstić information content (AvgIpc) is 3.04. The van der Waals surface area contributed by atoms with Crippen molar-refractivity contribution in [2.75, 3.05) is 16.9 Å². The van der Waals surface area contributed by atoms with E-state index in [-0.39, 0.29) is 24.0 Å². The molecule has 4 N–H and O–H groups in total. The molecule has 1 heterocycles. The molecule has 0 saturated carbocycles. The maximum absolute atomic E-state index is 16.4. The van der Waals surface area contributed by atoms with Crippen molar-refractivity contribution in [1.29, 1.82) is 0 Å². The number of carboxylic acid groups (broad SMARTS) is 1. The predicted octanol–water partition coefficient (Wildman–Crippen LogP) is 7.34. The second-order valence-electron chi connectivity index (χ2n) is 13.5. The van der Waals surface area contributed by atoms with Crippen LogP contribution in [0.15, 0.2) is 79.1 Å². The van der Waals surface area contributed by atoms with Crippen molar-refractivity contribution < 1.29 is 42.9 Å². The van der Waals surface area contributed by atoms with Crippen LogP contribution in [0.2, 0.25) is 0 Å². The molecule has 1 unspecified atom stereocenters. The minimum absolute atomic E-state index is 0.00234. The summed E-state index contributed by atoms with van der Waals surface area (Å²) in [4.78, 5) is 57.1. The van der Waals surface area contributed by atoms with Crippen LogP contribution in [0.4, 0.5) is 30.1 Å². The number of aliphatic carboxylic acids is 1. The third-order valence-corrected chi connectivity index (χ3v) is 7.14. The van der Waals surface area contributed by atoms with Gasteiger partial charge in [-0.25, -0.2) is 28.6 Å². The SMILES string of the molecule is CC(C)(C)OC(=O)N(C(=O)OC(C)(C)C)N(c1ccc2ccncc2c1F)C(C(=O)O)c1ccc(CCOC(=O)Nc2cccc(CN)c2)cc1. The van der Waals surface area contributed by atoms with E-state index in [0.717, 1.165) is 5.56 Å². The van der Waals surface area contributed by atoms with E-state index in [2.05, 4.69) is 10.3 Å². The van der Waals surface area contributed by atoms with E-state index in [9.17, 15) is 24.3 Å². The van der Waals surface area contributed by atoms with Crippen molar-refractivity contribution >= 4 is 46.4 Å². The standard InChI is InChI=1S/C37H42FN5O8/c1-36(2,3)50-34(47)43(35(48)51-37(4,5)6)42(29-15-14-25-16-18-40-22-28(25)30(29)38)31(32(44)45)26-12-10-23(11-13-26)17-19-49-33(46)41-27-9-7-8-24(20-27)21-39/h7-16,18,20,22,31H,17,19,21,39H2,1-6H3,(H,41,46)(H,44,45). The number of aromatic nitrogens is 1. The minimum atomic E-state index is -1.85. The number of anilines is 2. The van der Waals surface area contributed by atoms with Gasteiger partial charge in [-0.3, -0.25) is 10.3 Å². The van der Waals surface area contributed by atoms with Gasteiger partial charge in [0.1, 0.15) is 11.2 Å². The Balaban J connectivity index is 1.70. The van der Waals surface area contributed by atoms with Crippen LogP contribution < -0.4 is 16.1 Å². The van der Waals surface area contributed by atoms with Crippen LogP contribution in [-0.4, -0.2) is 57.2 Å². The van der Waals surface area contributed by atoms with Crippen LogP contribution >= 0.6 is 0 Å². The topological polar surface area (TPSA) is 174 Å². The van der Waals surface area contributed by atoms with Crippen molar-refractivity contribution in [2.45, 2.75) is 71.8 Å². The van der Waals surface area contributed by atoms with Gasteiger partial charge in [-0.15, -0.1) is 5.01 Å². The fourth-order valence-electron chi connectivity index (χ4n) is 4.96. The Labute approximate surface area is 295 Å². The summed E-state index contributed by atoms with van der Waals surface area (Å²) in [7, 11) is 0. The van der Waals surface area contributed by atoms with Gasteiger partial charge in [0.05, 0.1) is 12.3 Å². The summed E-state index contributed by atoms with van der Waals surface area (Å²) >= 11 is 0. The molecule has 0 radical (unpaired) electrons. The Bertz CT molecular complexity index is 1860. The average molecular weight is 704 g/mol. The molecule has 0 fully saturated rings. The highest BCUT2D eigenvalue weighted by atomic mass is 19.1. The van der Waals surface area contributed by atoms with Crippen molar-refractivity contribution in [3.8, 4) is 0 Å². The minimum Gasteiger partial charge on any atom is -0.479 e. The molecule has 13 nitrogen and oxygen atoms in total. The Morgan fingerprint density at radius 1 is 0.902 bits per heavy atom. The molecular weight excluding hydrogens is 661 g/mol. The summed E-state index contributed by atoms with van der Waals surface area (Å²) < 4.78 is 32.8. The van der Waals surface area contributed by atoms with Gasteiger partial charge in [0.15, 0.2) is 11.9 Å². The molecule has 0 bridgehead atoms. The fourth-order valence-corrected chi connectivity index (χ4v) is 4.96. The van der Waals surface area contributed by atoms with Crippen LogP contribution in [0, 0.1) is 5.82 Å². The van der Waals surface area contributed by atoms with Gasteiger partial charge >= 0.3 is 24.2 Å². The molecule has 1 aromatic heterocycles. The molecular formula is C37H42FN5O8. The van der Waals surface area contributed by atoms with E-state index < -0.39 is 53.0 Å². The zero-order chi connectivity index (χ0) is 37.5. The fraction of sp³-hybridized carbons (Fsp3) is 0.324. The Hall–Kier alpha value is -5.76. The number of hydrazine groups is 1. The number of carbonyl (C=O) groups excluding carboxylic acids is 3. The summed E-state index contributed by atoms with van der Waals surface area (Å²) in [5.41, 5.74) is 5.07. The van der Waals surface area contributed by atoms with Crippen molar-refractivity contribution in [3.63, 3.8) is 0 Å². The number of pyridine rings is 1. The van der Waals surface area contributed by atoms with E-state index >= 15 is 4.39 Å². The summed E-state index contributed by atoms with van der Waals surface area (Å²) in [5.74, 6) is -2.46. The van der Waals surface area contributed by atoms with Crippen molar-refractivity contribution in [2.24, 2.45) is 5.73 Å². The highest BCUT2D eigenvalue weighted by molar-refractivity contribution is 5.94. The van der Waals surface area contributed by atoms with E-state index in [4.69, 9.17) is 19.9 Å². The zero-order valence-corrected chi connectivity index (χ0v) is 29.3. The highest BCUT2D eigenvalue weighted by Gasteiger charge is 2.43. The van der Waals surface area contributed by atoms with E-state index in [0.29, 0.717) is 33.2 Å². The first-order chi connectivity index (χ1) is 24.0. The molecule has 0 spiro atoms. The van der Waals surface area contributed by atoms with Gasteiger partial charge in [0.2, 0.25) is 0 Å². The van der Waals surface area contributed by atoms with Gasteiger partial charge in [0, 0.05) is 36.4 Å². The first-order valence-electron chi connectivity index (χ1n) is 16.1. The molecule has 51 heavy (non-hydrogen) atoms. The number of imide groups is 1. The van der Waals surface area contributed by atoms with Crippen molar-refractivity contribution in [3.05, 3.63) is 102 Å². The second-order valence-corrected chi connectivity index (χ2v) is 13.5. The number of hydrogen-bond donors (Lipinski definition) is 3. The number of nitrogens with zero attached hydrogens (tertiary/aromatic N) is 3. The van der Waals surface area contributed by atoms with Gasteiger partial charge in [0.25, 0.3) is 0 Å². The predicted molar refractivity (Wildman–Crippen MR) is 188 cm³/mol. The van der Waals surface area contributed by atoms with Gasteiger partial charge in [-0.1, -0.05) is 42.5 Å². The number of rotatable bonds is 10. The Morgan fingerprint density at radius 2 is 1.55 bits per heavy atom. The molecule has 4 rings (SSSR count). The van der Waals surface area contributed by atoms with Gasteiger partial charge in [-0.05, 0) is 87.9 Å². The number of hydrogen-bond acceptors (Lipinski definition) is 10. The van der Waals surface area contributed by atoms with Crippen LogP contribution in [0.5, 0.6) is 0 Å². The summed E-state index contributed by atoms with van der Waals surface area (Å²) in [6, 6.07) is 15.6. The number of nitrogens with one attached hydrogen (secondary N) is 1. The number of carboxylic acids is 1. The lowest BCUT2D eigenvalue weighted by molar-refractivity contribution is -0.139. The molecule has 0 saturated heterocycles. The quantitative estimate of drug-likeness (QED) is 0.111. The normalized spacial score (nSPS) is 12.1. The zero-order valence-electron chi connectivity index (χ0n) is 29.3. The number of ether oxygens (including phenoxy) is 3. The molecule has 0 aliphatic rings. The lowest BCUT2D eigenvalue weighted by atomic mass is 10.0. The van der Waals surface area contributed by atoms with E-state index in [1.165, 1.54) is 36.7 Å². The maximum Gasteiger partial charge on any atom is 0.439 e. The van der Waals surface area contributed by atoms with Crippen LogP contribution in [0.1, 0.15) is 64.3 Å². The summed E-state index contributed by atoms with van der Waals surface area (Å²) in [6.07, 6.45) is -0.272. The lowest BCUT2D eigenvalue weighted by Crippen LogP contribution is -2.56. The van der Waals surface area contributed by atoms with E-state index in [1.54, 1.807) is 77.9 Å². The molecule has 4 aromatic rings. The number of nitrogens with two attached hydrogens (primary N) is 1. The molecule has 14 heteroatoms. The third kappa shape index (κ3) is 10.1. The number of amides is 3. The number of carbonyl (C=O) groups is 4. The Morgan fingerprint density at radius 3 is 2.14 bits per heavy atom. The number of fused-ring (bicyclic) bond motifs is 1. The number of benzene rings is 3. The molecule has 3 aromatic carbocycles. The largest absolute Gasteiger partial charge is 0.479 e. The van der Waals surface area contributed by atoms with Crippen LogP contribution in [-0.2, 0) is 32.0 Å². The van der Waals surface area contributed by atoms with Crippen LogP contribution in [0.3, 0.4) is 0 Å². The van der Waals surface area contributed by atoms with Gasteiger partial charge in [-0.2, -0.15) is 0 Å². The monoisotopic (exact) mass is 703 g/mol.